The van der Waals surface area contributed by atoms with Gasteiger partial charge in [0.15, 0.2) is 11.5 Å². The summed E-state index contributed by atoms with van der Waals surface area (Å²) < 4.78 is 5.90. The van der Waals surface area contributed by atoms with Gasteiger partial charge in [-0.05, 0) is 61.0 Å². The van der Waals surface area contributed by atoms with Crippen LogP contribution < -0.4 is 10.1 Å². The largest absolute Gasteiger partial charge is 0.504 e. The highest BCUT2D eigenvalue weighted by Crippen LogP contribution is 2.37. The van der Waals surface area contributed by atoms with Gasteiger partial charge in [0.25, 0.3) is 11.1 Å². The van der Waals surface area contributed by atoms with Crippen molar-refractivity contribution < 1.29 is 24.2 Å². The fourth-order valence-electron chi connectivity index (χ4n) is 2.76. The summed E-state index contributed by atoms with van der Waals surface area (Å²) in [4.78, 5) is 38.5. The molecule has 0 atom stereocenters. The summed E-state index contributed by atoms with van der Waals surface area (Å²) in [5, 5.41) is 12.1. The highest BCUT2D eigenvalue weighted by Gasteiger charge is 2.36. The van der Waals surface area contributed by atoms with Gasteiger partial charge in [-0.3, -0.25) is 19.3 Å². The van der Waals surface area contributed by atoms with E-state index in [1.54, 1.807) is 25.1 Å². The highest BCUT2D eigenvalue weighted by atomic mass is 79.9. The van der Waals surface area contributed by atoms with E-state index in [1.807, 2.05) is 19.1 Å². The molecule has 1 aliphatic heterocycles. The molecule has 0 unspecified atom stereocenters. The lowest BCUT2D eigenvalue weighted by Crippen LogP contribution is -2.36. The Hall–Kier alpha value is -2.78. The fourth-order valence-corrected chi connectivity index (χ4v) is 4.04. The average molecular weight is 491 g/mol. The van der Waals surface area contributed by atoms with Gasteiger partial charge in [-0.25, -0.2) is 0 Å². The fraction of sp³-hybridized carbons (Fsp3) is 0.190. The van der Waals surface area contributed by atoms with E-state index in [0.717, 1.165) is 22.2 Å². The summed E-state index contributed by atoms with van der Waals surface area (Å²) in [6, 6.07) is 10.3. The van der Waals surface area contributed by atoms with Crippen LogP contribution in [0.2, 0.25) is 0 Å². The Morgan fingerprint density at radius 2 is 2.03 bits per heavy atom. The Morgan fingerprint density at radius 3 is 2.73 bits per heavy atom. The summed E-state index contributed by atoms with van der Waals surface area (Å²) >= 11 is 4.09. The molecule has 2 aromatic rings. The summed E-state index contributed by atoms with van der Waals surface area (Å²) in [5.41, 5.74) is 2.06. The van der Waals surface area contributed by atoms with Gasteiger partial charge in [-0.15, -0.1) is 0 Å². The maximum atomic E-state index is 12.7. The zero-order valence-electron chi connectivity index (χ0n) is 16.3. The number of amides is 3. The number of halogens is 1. The zero-order chi connectivity index (χ0) is 21.8. The van der Waals surface area contributed by atoms with E-state index in [4.69, 9.17) is 4.74 Å². The number of nitrogens with zero attached hydrogens (tertiary/aromatic N) is 1. The standard InChI is InChI=1S/C21H19BrN2O5S/c1-3-29-17-8-13(14(22)10-16(17)25)9-18-20(27)24(21(28)30-18)11-19(26)23-15-7-5-4-6-12(15)2/h4-10,25H,3,11H2,1-2H3,(H,23,26)/b18-9+. The second-order valence-corrected chi connectivity index (χ2v) is 8.25. The number of nitrogens with one attached hydrogen (secondary N) is 1. The van der Waals surface area contributed by atoms with Gasteiger partial charge >= 0.3 is 0 Å². The maximum Gasteiger partial charge on any atom is 0.294 e. The topological polar surface area (TPSA) is 95.9 Å². The van der Waals surface area contributed by atoms with E-state index in [1.165, 1.54) is 12.1 Å². The van der Waals surface area contributed by atoms with Crippen LogP contribution in [0.5, 0.6) is 11.5 Å². The van der Waals surface area contributed by atoms with Crippen LogP contribution in [0.25, 0.3) is 6.08 Å². The van der Waals surface area contributed by atoms with Gasteiger partial charge in [0.2, 0.25) is 5.91 Å². The van der Waals surface area contributed by atoms with E-state index in [0.29, 0.717) is 22.3 Å². The number of benzene rings is 2. The second-order valence-electron chi connectivity index (χ2n) is 6.41. The molecule has 1 aliphatic rings. The molecule has 0 aromatic heterocycles. The number of aromatic hydroxyl groups is 1. The number of hydrogen-bond donors (Lipinski definition) is 2. The number of thioether (sulfide) groups is 1. The molecular weight excluding hydrogens is 472 g/mol. The smallest absolute Gasteiger partial charge is 0.294 e. The third kappa shape index (κ3) is 4.85. The number of imide groups is 1. The number of aryl methyl sites for hydroxylation is 1. The Kier molecular flexibility index (Phi) is 6.84. The summed E-state index contributed by atoms with van der Waals surface area (Å²) in [6.07, 6.45) is 1.52. The summed E-state index contributed by atoms with van der Waals surface area (Å²) in [6.45, 7) is 3.62. The first-order chi connectivity index (χ1) is 14.3. The third-order valence-electron chi connectivity index (χ3n) is 4.26. The van der Waals surface area contributed by atoms with E-state index < -0.39 is 17.1 Å². The quantitative estimate of drug-likeness (QED) is 0.577. The molecule has 9 heteroatoms. The first-order valence-corrected chi connectivity index (χ1v) is 10.7. The Balaban J connectivity index is 1.77. The summed E-state index contributed by atoms with van der Waals surface area (Å²) in [7, 11) is 0. The average Bonchev–Trinajstić information content (AvgIpc) is 2.95. The van der Waals surface area contributed by atoms with Crippen molar-refractivity contribution >= 4 is 56.5 Å². The number of ether oxygens (including phenoxy) is 1. The van der Waals surface area contributed by atoms with Gasteiger partial charge in [0.05, 0.1) is 11.5 Å². The van der Waals surface area contributed by atoms with Gasteiger partial charge in [-0.2, -0.15) is 0 Å². The van der Waals surface area contributed by atoms with Crippen molar-refractivity contribution in [1.82, 2.24) is 4.90 Å². The molecule has 2 aromatic carbocycles. The number of carbonyl (C=O) groups excluding carboxylic acids is 3. The van der Waals surface area contributed by atoms with Gasteiger partial charge < -0.3 is 15.2 Å². The predicted molar refractivity (Wildman–Crippen MR) is 119 cm³/mol. The number of anilines is 1. The van der Waals surface area contributed by atoms with Crippen molar-refractivity contribution in [3.63, 3.8) is 0 Å². The van der Waals surface area contributed by atoms with Gasteiger partial charge in [0.1, 0.15) is 6.54 Å². The number of para-hydroxylation sites is 1. The molecule has 1 saturated heterocycles. The summed E-state index contributed by atoms with van der Waals surface area (Å²) in [5.74, 6) is -0.786. The number of phenols is 1. The minimum Gasteiger partial charge on any atom is -0.504 e. The van der Waals surface area contributed by atoms with E-state index in [2.05, 4.69) is 21.2 Å². The molecule has 0 saturated carbocycles. The minimum atomic E-state index is -0.553. The molecule has 2 N–H and O–H groups in total. The lowest BCUT2D eigenvalue weighted by molar-refractivity contribution is -0.127. The van der Waals surface area contributed by atoms with E-state index in [-0.39, 0.29) is 22.9 Å². The molecule has 3 rings (SSSR count). The van der Waals surface area contributed by atoms with Crippen molar-refractivity contribution in [1.29, 1.82) is 0 Å². The molecule has 1 fully saturated rings. The molecule has 1 heterocycles. The molecule has 0 radical (unpaired) electrons. The Morgan fingerprint density at radius 1 is 1.30 bits per heavy atom. The van der Waals surface area contributed by atoms with Crippen molar-refractivity contribution in [2.75, 3.05) is 18.5 Å². The monoisotopic (exact) mass is 490 g/mol. The lowest BCUT2D eigenvalue weighted by atomic mass is 10.2. The predicted octanol–water partition coefficient (Wildman–Crippen LogP) is 4.54. The van der Waals surface area contributed by atoms with Crippen LogP contribution in [0.3, 0.4) is 0 Å². The van der Waals surface area contributed by atoms with Crippen LogP contribution >= 0.6 is 27.7 Å². The maximum absolute atomic E-state index is 12.7. The molecule has 0 aliphatic carbocycles. The normalized spacial score (nSPS) is 15.0. The minimum absolute atomic E-state index is 0.0399. The number of hydrogen-bond acceptors (Lipinski definition) is 6. The zero-order valence-corrected chi connectivity index (χ0v) is 18.7. The van der Waals surface area contributed by atoms with Crippen LogP contribution in [0, 0.1) is 6.92 Å². The lowest BCUT2D eigenvalue weighted by Gasteiger charge is -2.13. The molecule has 30 heavy (non-hydrogen) atoms. The molecular formula is C21H19BrN2O5S. The molecule has 3 amide bonds. The molecule has 0 spiro atoms. The number of rotatable bonds is 6. The van der Waals surface area contributed by atoms with Crippen LogP contribution in [0.1, 0.15) is 18.1 Å². The Bertz CT molecular complexity index is 1050. The van der Waals surface area contributed by atoms with Crippen LogP contribution in [0.4, 0.5) is 10.5 Å². The van der Waals surface area contributed by atoms with Crippen LogP contribution in [0.15, 0.2) is 45.8 Å². The van der Waals surface area contributed by atoms with Crippen LogP contribution in [-0.2, 0) is 9.59 Å². The molecule has 156 valence electrons. The van der Waals surface area contributed by atoms with Gasteiger partial charge in [-0.1, -0.05) is 34.1 Å². The van der Waals surface area contributed by atoms with Crippen molar-refractivity contribution in [2.24, 2.45) is 0 Å². The van der Waals surface area contributed by atoms with Crippen molar-refractivity contribution in [3.8, 4) is 11.5 Å². The molecule has 0 bridgehead atoms. The highest BCUT2D eigenvalue weighted by molar-refractivity contribution is 9.10. The third-order valence-corrected chi connectivity index (χ3v) is 5.85. The van der Waals surface area contributed by atoms with Crippen molar-refractivity contribution in [2.45, 2.75) is 13.8 Å². The first-order valence-electron chi connectivity index (χ1n) is 9.06. The number of phenolic OH excluding ortho intramolecular Hbond substituents is 1. The van der Waals surface area contributed by atoms with E-state index in [9.17, 15) is 19.5 Å². The first kappa shape index (κ1) is 21.9. The van der Waals surface area contributed by atoms with Crippen LogP contribution in [-0.4, -0.2) is 40.2 Å². The second kappa shape index (κ2) is 9.36. The van der Waals surface area contributed by atoms with E-state index >= 15 is 0 Å². The molecule has 7 nitrogen and oxygen atoms in total. The Labute approximate surface area is 186 Å². The number of carbonyl (C=O) groups is 3. The SMILES string of the molecule is CCOc1cc(/C=C2/SC(=O)N(CC(=O)Nc3ccccc3C)C2=O)c(Br)cc1O. The van der Waals surface area contributed by atoms with Crippen molar-refractivity contribution in [3.05, 3.63) is 56.9 Å². The van der Waals surface area contributed by atoms with Gasteiger partial charge in [0, 0.05) is 10.2 Å².